The van der Waals surface area contributed by atoms with Crippen molar-refractivity contribution in [3.05, 3.63) is 92.6 Å². The number of carbonyl (C=O) groups is 1. The summed E-state index contributed by atoms with van der Waals surface area (Å²) in [6.45, 7) is 17.2. The number of Topliss-reactive ketones (excluding diaryl/α,β-unsaturated/α-hetero) is 1. The molecule has 38 heavy (non-hydrogen) atoms. The molecule has 0 aromatic carbocycles. The summed E-state index contributed by atoms with van der Waals surface area (Å²) in [6, 6.07) is 8.67. The number of rotatable bonds is 4. The van der Waals surface area contributed by atoms with Crippen LogP contribution in [-0.4, -0.2) is 28.2 Å². The SMILES string of the molecule is CC1=CC(C(C)C)=CC2=C(C)C=C(C3C(=O)C(O)C(c4cc(C)c5cc(C(C)C)cc(C)cc4-5)C3O)C2C1. The fraction of sp³-hybridized carbons (Fsp3) is 0.457. The molecule has 1 fully saturated rings. The van der Waals surface area contributed by atoms with Crippen molar-refractivity contribution in [2.24, 2.45) is 17.8 Å². The summed E-state index contributed by atoms with van der Waals surface area (Å²) in [5.41, 5.74) is 12.5. The second kappa shape index (κ2) is 9.77. The number of aryl methyl sites for hydroxylation is 2. The third kappa shape index (κ3) is 4.34. The Hall–Kier alpha value is -2.75. The molecule has 5 aliphatic carbocycles. The van der Waals surface area contributed by atoms with Crippen molar-refractivity contribution < 1.29 is 15.0 Å². The molecular weight excluding hydrogens is 468 g/mol. The molecule has 0 heterocycles. The molecule has 5 aliphatic rings. The van der Waals surface area contributed by atoms with Gasteiger partial charge in [0.25, 0.3) is 0 Å². The molecule has 0 aromatic rings. The van der Waals surface area contributed by atoms with Gasteiger partial charge in [-0.3, -0.25) is 4.79 Å². The van der Waals surface area contributed by atoms with E-state index in [9.17, 15) is 15.0 Å². The van der Waals surface area contributed by atoms with Gasteiger partial charge in [-0.15, -0.1) is 0 Å². The maximum atomic E-state index is 13.7. The van der Waals surface area contributed by atoms with Crippen molar-refractivity contribution in [2.75, 3.05) is 0 Å². The fourth-order valence-electron chi connectivity index (χ4n) is 6.95. The van der Waals surface area contributed by atoms with E-state index in [-0.39, 0.29) is 11.7 Å². The van der Waals surface area contributed by atoms with Gasteiger partial charge in [0.1, 0.15) is 6.10 Å². The van der Waals surface area contributed by atoms with Gasteiger partial charge in [0, 0.05) is 11.8 Å². The number of hydrogen-bond acceptors (Lipinski definition) is 3. The van der Waals surface area contributed by atoms with Crippen molar-refractivity contribution in [1.29, 1.82) is 0 Å². The summed E-state index contributed by atoms with van der Waals surface area (Å²) in [4.78, 5) is 13.7. The molecule has 5 rings (SSSR count). The molecule has 0 bridgehead atoms. The highest BCUT2D eigenvalue weighted by Crippen LogP contribution is 2.51. The van der Waals surface area contributed by atoms with E-state index in [1.165, 1.54) is 22.3 Å². The van der Waals surface area contributed by atoms with E-state index in [0.29, 0.717) is 11.8 Å². The van der Waals surface area contributed by atoms with E-state index < -0.39 is 24.0 Å². The Morgan fingerprint density at radius 3 is 2.21 bits per heavy atom. The Bertz CT molecular complexity index is 1400. The zero-order valence-corrected chi connectivity index (χ0v) is 24.1. The van der Waals surface area contributed by atoms with Gasteiger partial charge in [0.15, 0.2) is 5.78 Å². The van der Waals surface area contributed by atoms with Crippen LogP contribution in [-0.2, 0) is 4.79 Å². The van der Waals surface area contributed by atoms with Gasteiger partial charge in [-0.25, -0.2) is 0 Å². The van der Waals surface area contributed by atoms with Gasteiger partial charge in [0.2, 0.25) is 0 Å². The van der Waals surface area contributed by atoms with Crippen LogP contribution in [0, 0.1) is 31.6 Å². The molecule has 0 aliphatic heterocycles. The number of allylic oxidation sites excluding steroid dienone is 7. The van der Waals surface area contributed by atoms with Crippen LogP contribution in [0.25, 0.3) is 11.1 Å². The quantitative estimate of drug-likeness (QED) is 0.452. The largest absolute Gasteiger partial charge is 0.391 e. The molecule has 1 saturated carbocycles. The Kier molecular flexibility index (Phi) is 6.90. The lowest BCUT2D eigenvalue weighted by Crippen LogP contribution is -2.27. The van der Waals surface area contributed by atoms with Crippen molar-refractivity contribution in [2.45, 2.75) is 85.9 Å². The molecule has 3 nitrogen and oxygen atoms in total. The third-order valence-electron chi connectivity index (χ3n) is 9.05. The molecule has 5 unspecified atom stereocenters. The van der Waals surface area contributed by atoms with Crippen molar-refractivity contribution >= 4 is 5.78 Å². The average Bonchev–Trinajstić information content (AvgIpc) is 3.22. The summed E-state index contributed by atoms with van der Waals surface area (Å²) in [7, 11) is 0. The standard InChI is InChI=1S/C35H42O3/c1-17(2)23-9-19(5)11-27-25(15-23)21(7)13-29(27)31-33(36)32(35(38)34(31)37)30-14-22(8)26-16-24(18(3)4)10-20(6)12-28(26)30/h9-11,13-18,28,31-34,36-37H,12H2,1-8H3. The van der Waals surface area contributed by atoms with Crippen LogP contribution in [0.2, 0.25) is 0 Å². The third-order valence-corrected chi connectivity index (χ3v) is 9.05. The van der Waals surface area contributed by atoms with Crippen molar-refractivity contribution in [1.82, 2.24) is 0 Å². The fourth-order valence-corrected chi connectivity index (χ4v) is 6.95. The number of aliphatic hydroxyl groups excluding tert-OH is 2. The van der Waals surface area contributed by atoms with E-state index in [2.05, 4.69) is 97.9 Å². The molecule has 5 atom stereocenters. The van der Waals surface area contributed by atoms with Crippen LogP contribution in [0.15, 0.2) is 70.4 Å². The number of carbonyl (C=O) groups excluding carboxylic acids is 1. The topological polar surface area (TPSA) is 57.5 Å². The summed E-state index contributed by atoms with van der Waals surface area (Å²) in [5, 5.41) is 23.2. The van der Waals surface area contributed by atoms with Crippen LogP contribution in [0.3, 0.4) is 0 Å². The molecule has 0 spiro atoms. The number of fused-ring (bicyclic) bond motifs is 2. The molecule has 200 valence electrons. The van der Waals surface area contributed by atoms with E-state index in [1.54, 1.807) is 0 Å². The zero-order valence-electron chi connectivity index (χ0n) is 24.1. The van der Waals surface area contributed by atoms with E-state index >= 15 is 0 Å². The smallest absolute Gasteiger partial charge is 0.171 e. The highest BCUT2D eigenvalue weighted by molar-refractivity contribution is 5.94. The maximum Gasteiger partial charge on any atom is 0.171 e. The normalized spacial score (nSPS) is 27.7. The molecule has 0 radical (unpaired) electrons. The Morgan fingerprint density at radius 2 is 1.55 bits per heavy atom. The molecule has 3 heteroatoms. The van der Waals surface area contributed by atoms with Crippen LogP contribution < -0.4 is 0 Å². The summed E-state index contributed by atoms with van der Waals surface area (Å²) < 4.78 is 0. The first-order valence-corrected chi connectivity index (χ1v) is 14.1. The van der Waals surface area contributed by atoms with Crippen LogP contribution in [0.4, 0.5) is 0 Å². The minimum atomic E-state index is -1.23. The number of hydrogen-bond donors (Lipinski definition) is 2. The monoisotopic (exact) mass is 510 g/mol. The zero-order chi connectivity index (χ0) is 27.6. The van der Waals surface area contributed by atoms with E-state index in [0.717, 1.165) is 45.4 Å². The van der Waals surface area contributed by atoms with Gasteiger partial charge in [-0.1, -0.05) is 81.3 Å². The Labute approximate surface area is 228 Å². The van der Waals surface area contributed by atoms with Gasteiger partial charge < -0.3 is 10.2 Å². The highest BCUT2D eigenvalue weighted by atomic mass is 16.3. The predicted molar refractivity (Wildman–Crippen MR) is 155 cm³/mol. The van der Waals surface area contributed by atoms with Gasteiger partial charge >= 0.3 is 0 Å². The molecular formula is C35H42O3. The van der Waals surface area contributed by atoms with Crippen LogP contribution in [0.1, 0.15) is 82.1 Å². The van der Waals surface area contributed by atoms with Gasteiger partial charge in [-0.05, 0) is 96.1 Å². The van der Waals surface area contributed by atoms with Crippen molar-refractivity contribution in [3.8, 4) is 11.1 Å². The molecule has 0 aromatic heterocycles. The summed E-state index contributed by atoms with van der Waals surface area (Å²) >= 11 is 0. The summed E-state index contributed by atoms with van der Waals surface area (Å²) in [5.74, 6) is -0.755. The molecule has 2 N–H and O–H groups in total. The first-order valence-electron chi connectivity index (χ1n) is 14.1. The molecule has 0 amide bonds. The maximum absolute atomic E-state index is 13.7. The Morgan fingerprint density at radius 1 is 0.842 bits per heavy atom. The average molecular weight is 511 g/mol. The lowest BCUT2D eigenvalue weighted by molar-refractivity contribution is -0.127. The van der Waals surface area contributed by atoms with Gasteiger partial charge in [0.05, 0.1) is 12.0 Å². The van der Waals surface area contributed by atoms with Crippen LogP contribution in [0.5, 0.6) is 0 Å². The minimum Gasteiger partial charge on any atom is -0.391 e. The minimum absolute atomic E-state index is 0.0591. The lowest BCUT2D eigenvalue weighted by Gasteiger charge is -2.25. The number of aliphatic hydroxyl groups is 2. The number of ketones is 1. The van der Waals surface area contributed by atoms with Crippen molar-refractivity contribution in [3.63, 3.8) is 0 Å². The second-order valence-corrected chi connectivity index (χ2v) is 12.6. The molecule has 0 saturated heterocycles. The van der Waals surface area contributed by atoms with E-state index in [4.69, 9.17) is 0 Å². The van der Waals surface area contributed by atoms with Crippen LogP contribution >= 0.6 is 0 Å². The van der Waals surface area contributed by atoms with E-state index in [1.807, 2.05) is 0 Å². The summed E-state index contributed by atoms with van der Waals surface area (Å²) in [6.07, 6.45) is 5.29. The Balaban J connectivity index is 1.55. The van der Waals surface area contributed by atoms with Gasteiger partial charge in [-0.2, -0.15) is 0 Å². The lowest BCUT2D eigenvalue weighted by atomic mass is 9.80. The second-order valence-electron chi connectivity index (χ2n) is 12.6. The highest BCUT2D eigenvalue weighted by Gasteiger charge is 2.53. The first kappa shape index (κ1) is 26.8. The first-order chi connectivity index (χ1) is 17.9. The predicted octanol–water partition coefficient (Wildman–Crippen LogP) is 7.34.